The average Bonchev–Trinajstić information content (AvgIpc) is 2.48. The normalized spacial score (nSPS) is 10.7. The van der Waals surface area contributed by atoms with E-state index in [1.54, 1.807) is 0 Å². The molecule has 0 radical (unpaired) electrons. The van der Waals surface area contributed by atoms with Gasteiger partial charge < -0.3 is 0 Å². The van der Waals surface area contributed by atoms with E-state index in [-0.39, 0.29) is 5.78 Å². The van der Waals surface area contributed by atoms with E-state index in [2.05, 4.69) is 40.2 Å². The summed E-state index contributed by atoms with van der Waals surface area (Å²) in [4.78, 5) is 12.2. The molecule has 1 nitrogen and oxygen atoms in total. The molecule has 3 aromatic rings. The van der Waals surface area contributed by atoms with Crippen molar-refractivity contribution in [2.45, 2.75) is 6.42 Å². The molecule has 0 aliphatic carbocycles. The number of halogens is 1. The van der Waals surface area contributed by atoms with Crippen LogP contribution in [0.1, 0.15) is 15.9 Å². The summed E-state index contributed by atoms with van der Waals surface area (Å²) in [5.74, 6) is 0.146. The highest BCUT2D eigenvalue weighted by atomic mass is 79.9. The predicted octanol–water partition coefficient (Wildman–Crippen LogP) is 5.03. The zero-order valence-corrected chi connectivity index (χ0v) is 12.4. The van der Waals surface area contributed by atoms with Crippen LogP contribution in [0.2, 0.25) is 0 Å². The molecule has 0 heterocycles. The largest absolute Gasteiger partial charge is 0.294 e. The standard InChI is InChI=1S/C18H13BrO/c19-17-9-7-15(8-10-17)18(20)12-13-5-6-14-3-1-2-4-16(14)11-13/h1-11H,12H2. The summed E-state index contributed by atoms with van der Waals surface area (Å²) in [5, 5.41) is 2.38. The van der Waals surface area contributed by atoms with Crippen LogP contribution in [-0.2, 0) is 6.42 Å². The first kappa shape index (κ1) is 13.1. The lowest BCUT2D eigenvalue weighted by Crippen LogP contribution is -2.03. The molecule has 0 saturated heterocycles. The van der Waals surface area contributed by atoms with Crippen molar-refractivity contribution < 1.29 is 4.79 Å². The number of benzene rings is 3. The molecule has 0 atom stereocenters. The quantitative estimate of drug-likeness (QED) is 0.618. The van der Waals surface area contributed by atoms with Crippen LogP contribution in [0, 0.1) is 0 Å². The number of carbonyl (C=O) groups is 1. The minimum atomic E-state index is 0.146. The Morgan fingerprint density at radius 2 is 1.55 bits per heavy atom. The summed E-state index contributed by atoms with van der Waals surface area (Å²) >= 11 is 3.38. The van der Waals surface area contributed by atoms with Crippen LogP contribution in [-0.4, -0.2) is 5.78 Å². The highest BCUT2D eigenvalue weighted by molar-refractivity contribution is 9.10. The van der Waals surface area contributed by atoms with E-state index >= 15 is 0 Å². The first-order chi connectivity index (χ1) is 9.72. The lowest BCUT2D eigenvalue weighted by Gasteiger charge is -2.04. The van der Waals surface area contributed by atoms with Gasteiger partial charge in [0.2, 0.25) is 0 Å². The summed E-state index contributed by atoms with van der Waals surface area (Å²) in [6.45, 7) is 0. The van der Waals surface area contributed by atoms with Gasteiger partial charge >= 0.3 is 0 Å². The minimum Gasteiger partial charge on any atom is -0.294 e. The van der Waals surface area contributed by atoms with Gasteiger partial charge in [0.1, 0.15) is 0 Å². The highest BCUT2D eigenvalue weighted by Gasteiger charge is 2.07. The van der Waals surface area contributed by atoms with Crippen molar-refractivity contribution in [3.8, 4) is 0 Å². The minimum absolute atomic E-state index is 0.146. The van der Waals surface area contributed by atoms with Crippen molar-refractivity contribution in [2.75, 3.05) is 0 Å². The van der Waals surface area contributed by atoms with Crippen molar-refractivity contribution in [1.29, 1.82) is 0 Å². The van der Waals surface area contributed by atoms with Gasteiger partial charge in [-0.2, -0.15) is 0 Å². The molecule has 0 N–H and O–H groups in total. The first-order valence-corrected chi connectivity index (χ1v) is 7.28. The monoisotopic (exact) mass is 324 g/mol. The number of hydrogen-bond acceptors (Lipinski definition) is 1. The molecule has 3 aromatic carbocycles. The van der Waals surface area contributed by atoms with Crippen LogP contribution in [0.3, 0.4) is 0 Å². The van der Waals surface area contributed by atoms with Gasteiger partial charge in [-0.1, -0.05) is 70.5 Å². The van der Waals surface area contributed by atoms with Crippen LogP contribution < -0.4 is 0 Å². The number of hydrogen-bond donors (Lipinski definition) is 0. The summed E-state index contributed by atoms with van der Waals surface area (Å²) in [7, 11) is 0. The molecule has 20 heavy (non-hydrogen) atoms. The van der Waals surface area contributed by atoms with Crippen molar-refractivity contribution in [3.05, 3.63) is 82.3 Å². The Balaban J connectivity index is 1.85. The van der Waals surface area contributed by atoms with Crippen LogP contribution >= 0.6 is 15.9 Å². The molecule has 0 aromatic heterocycles. The van der Waals surface area contributed by atoms with Crippen molar-refractivity contribution in [3.63, 3.8) is 0 Å². The van der Waals surface area contributed by atoms with Gasteiger partial charge in [0.25, 0.3) is 0 Å². The third-order valence-electron chi connectivity index (χ3n) is 3.34. The number of ketones is 1. The number of rotatable bonds is 3. The van der Waals surface area contributed by atoms with Crippen LogP contribution in [0.5, 0.6) is 0 Å². The smallest absolute Gasteiger partial charge is 0.167 e. The third kappa shape index (κ3) is 2.81. The van der Waals surface area contributed by atoms with Gasteiger partial charge in [-0.3, -0.25) is 4.79 Å². The van der Waals surface area contributed by atoms with E-state index in [0.717, 1.165) is 15.6 Å². The Labute approximate surface area is 126 Å². The van der Waals surface area contributed by atoms with Crippen LogP contribution in [0.15, 0.2) is 71.2 Å². The molecule has 0 bridgehead atoms. The zero-order chi connectivity index (χ0) is 13.9. The fraction of sp³-hybridized carbons (Fsp3) is 0.0556. The third-order valence-corrected chi connectivity index (χ3v) is 3.87. The maximum atomic E-state index is 12.2. The van der Waals surface area contributed by atoms with E-state index < -0.39 is 0 Å². The molecule has 0 amide bonds. The van der Waals surface area contributed by atoms with E-state index in [4.69, 9.17) is 0 Å². The molecule has 98 valence electrons. The van der Waals surface area contributed by atoms with E-state index in [1.807, 2.05) is 42.5 Å². The maximum Gasteiger partial charge on any atom is 0.167 e. The average molecular weight is 325 g/mol. The van der Waals surface area contributed by atoms with Crippen molar-refractivity contribution in [1.82, 2.24) is 0 Å². The Morgan fingerprint density at radius 3 is 2.30 bits per heavy atom. The van der Waals surface area contributed by atoms with Crippen LogP contribution in [0.4, 0.5) is 0 Å². The maximum absolute atomic E-state index is 12.2. The molecule has 0 saturated carbocycles. The Kier molecular flexibility index (Phi) is 3.66. The first-order valence-electron chi connectivity index (χ1n) is 6.49. The molecule has 0 fully saturated rings. The summed E-state index contributed by atoms with van der Waals surface area (Å²) in [6, 6.07) is 21.9. The molecular formula is C18H13BrO. The van der Waals surface area contributed by atoms with Gasteiger partial charge in [-0.05, 0) is 28.5 Å². The molecule has 2 heteroatoms. The Morgan fingerprint density at radius 1 is 0.850 bits per heavy atom. The van der Waals surface area contributed by atoms with Gasteiger partial charge in [0.05, 0.1) is 0 Å². The van der Waals surface area contributed by atoms with E-state index in [9.17, 15) is 4.79 Å². The van der Waals surface area contributed by atoms with Crippen molar-refractivity contribution >= 4 is 32.5 Å². The lowest BCUT2D eigenvalue weighted by molar-refractivity contribution is 0.0993. The SMILES string of the molecule is O=C(Cc1ccc2ccccc2c1)c1ccc(Br)cc1. The second-order valence-electron chi connectivity index (χ2n) is 4.79. The zero-order valence-electron chi connectivity index (χ0n) is 10.8. The lowest BCUT2D eigenvalue weighted by atomic mass is 10.0. The highest BCUT2D eigenvalue weighted by Crippen LogP contribution is 2.18. The second-order valence-corrected chi connectivity index (χ2v) is 5.70. The number of carbonyl (C=O) groups excluding carboxylic acids is 1. The topological polar surface area (TPSA) is 17.1 Å². The predicted molar refractivity (Wildman–Crippen MR) is 86.1 cm³/mol. The molecule has 0 spiro atoms. The summed E-state index contributed by atoms with van der Waals surface area (Å²) in [6.07, 6.45) is 0.437. The second kappa shape index (κ2) is 5.59. The Bertz CT molecular complexity index is 760. The molecular weight excluding hydrogens is 312 g/mol. The molecule has 0 unspecified atom stereocenters. The number of fused-ring (bicyclic) bond motifs is 1. The van der Waals surface area contributed by atoms with Crippen LogP contribution in [0.25, 0.3) is 10.8 Å². The van der Waals surface area contributed by atoms with Gasteiger partial charge in [0.15, 0.2) is 5.78 Å². The van der Waals surface area contributed by atoms with E-state index in [0.29, 0.717) is 6.42 Å². The van der Waals surface area contributed by atoms with Gasteiger partial charge in [-0.25, -0.2) is 0 Å². The fourth-order valence-corrected chi connectivity index (χ4v) is 2.54. The summed E-state index contributed by atoms with van der Waals surface area (Å²) in [5.41, 5.74) is 1.80. The van der Waals surface area contributed by atoms with Crippen molar-refractivity contribution in [2.24, 2.45) is 0 Å². The van der Waals surface area contributed by atoms with Gasteiger partial charge in [-0.15, -0.1) is 0 Å². The molecule has 3 rings (SSSR count). The molecule has 0 aliphatic heterocycles. The van der Waals surface area contributed by atoms with Gasteiger partial charge in [0, 0.05) is 16.5 Å². The summed E-state index contributed by atoms with van der Waals surface area (Å²) < 4.78 is 0.986. The van der Waals surface area contributed by atoms with E-state index in [1.165, 1.54) is 10.8 Å². The Hall–Kier alpha value is -1.93. The molecule has 0 aliphatic rings. The number of Topliss-reactive ketones (excluding diaryl/α,β-unsaturated/α-hetero) is 1. The fourth-order valence-electron chi connectivity index (χ4n) is 2.27.